The molecule has 2 aromatic rings. The maximum atomic E-state index is 13.7. The summed E-state index contributed by atoms with van der Waals surface area (Å²) in [6.07, 6.45) is 0.181. The first kappa shape index (κ1) is 20.3. The molecule has 0 heterocycles. The molecule has 0 unspecified atom stereocenters. The molecule has 27 heavy (non-hydrogen) atoms. The lowest BCUT2D eigenvalue weighted by molar-refractivity contribution is -0.122. The average molecular weight is 381 g/mol. The zero-order valence-corrected chi connectivity index (χ0v) is 14.7. The molecule has 1 amide bonds. The Morgan fingerprint density at radius 1 is 1.19 bits per heavy atom. The molecule has 0 fully saturated rings. The Morgan fingerprint density at radius 2 is 1.93 bits per heavy atom. The Labute approximate surface area is 154 Å². The molecule has 5 nitrogen and oxygen atoms in total. The Hall–Kier alpha value is -3.03. The molecule has 0 saturated heterocycles. The zero-order valence-electron chi connectivity index (χ0n) is 14.7. The van der Waals surface area contributed by atoms with Gasteiger partial charge >= 0.3 is 0 Å². The molecule has 144 valence electrons. The molecule has 1 N–H and O–H groups in total. The summed E-state index contributed by atoms with van der Waals surface area (Å²) in [6, 6.07) is 6.12. The molecule has 0 radical (unpaired) electrons. The topological polar surface area (TPSA) is 64.6 Å². The molecular formula is C19H18F3NO4. The van der Waals surface area contributed by atoms with Gasteiger partial charge in [-0.3, -0.25) is 9.59 Å². The smallest absolute Gasteiger partial charge is 0.265 e. The van der Waals surface area contributed by atoms with Crippen LogP contribution in [-0.2, 0) is 4.79 Å². The normalized spacial score (nSPS) is 11.6. The third-order valence-electron chi connectivity index (χ3n) is 3.55. The fourth-order valence-corrected chi connectivity index (χ4v) is 2.12. The fraction of sp³-hybridized carbons (Fsp3) is 0.263. The number of halogens is 3. The van der Waals surface area contributed by atoms with Crippen molar-refractivity contribution in [1.29, 1.82) is 0 Å². The van der Waals surface area contributed by atoms with Crippen molar-refractivity contribution in [3.63, 3.8) is 0 Å². The first-order valence-electron chi connectivity index (χ1n) is 8.20. The van der Waals surface area contributed by atoms with Crippen molar-refractivity contribution in [3.8, 4) is 11.5 Å². The van der Waals surface area contributed by atoms with E-state index in [4.69, 9.17) is 9.47 Å². The zero-order chi connectivity index (χ0) is 20.0. The summed E-state index contributed by atoms with van der Waals surface area (Å²) in [5, 5.41) is 2.12. The van der Waals surface area contributed by atoms with Crippen molar-refractivity contribution in [2.24, 2.45) is 0 Å². The number of amides is 1. The number of ether oxygens (including phenoxy) is 2. The summed E-state index contributed by atoms with van der Waals surface area (Å²) in [5.74, 6) is -4.82. The number of carbonyl (C=O) groups excluding carboxylic acids is 2. The van der Waals surface area contributed by atoms with Crippen molar-refractivity contribution >= 4 is 17.9 Å². The van der Waals surface area contributed by atoms with Crippen LogP contribution in [0.5, 0.6) is 11.5 Å². The van der Waals surface area contributed by atoms with E-state index in [-0.39, 0.29) is 11.3 Å². The van der Waals surface area contributed by atoms with E-state index < -0.39 is 35.2 Å². The second kappa shape index (κ2) is 9.07. The Morgan fingerprint density at radius 3 is 2.59 bits per heavy atom. The molecule has 2 rings (SSSR count). The highest BCUT2D eigenvalue weighted by atomic mass is 19.2. The van der Waals surface area contributed by atoms with Crippen LogP contribution in [0, 0.1) is 17.5 Å². The molecule has 8 heteroatoms. The van der Waals surface area contributed by atoms with Crippen LogP contribution in [0.1, 0.15) is 30.6 Å². The van der Waals surface area contributed by atoms with Crippen LogP contribution in [0.2, 0.25) is 0 Å². The first-order valence-corrected chi connectivity index (χ1v) is 8.20. The molecule has 0 spiro atoms. The third kappa shape index (κ3) is 4.99. The van der Waals surface area contributed by atoms with E-state index >= 15 is 0 Å². The van der Waals surface area contributed by atoms with Crippen molar-refractivity contribution in [3.05, 3.63) is 53.3 Å². The Bertz CT molecular complexity index is 842. The van der Waals surface area contributed by atoms with Gasteiger partial charge < -0.3 is 14.8 Å². The maximum Gasteiger partial charge on any atom is 0.265 e. The van der Waals surface area contributed by atoms with E-state index in [1.54, 1.807) is 6.07 Å². The number of hydrogen-bond donors (Lipinski definition) is 1. The molecule has 0 aliphatic heterocycles. The highest BCUT2D eigenvalue weighted by Gasteiger charge is 2.21. The fourth-order valence-electron chi connectivity index (χ4n) is 2.12. The van der Waals surface area contributed by atoms with E-state index in [1.165, 1.54) is 19.1 Å². The largest absolute Gasteiger partial charge is 0.493 e. The summed E-state index contributed by atoms with van der Waals surface area (Å²) in [5.41, 5.74) is -0.331. The van der Waals surface area contributed by atoms with Gasteiger partial charge in [0.05, 0.1) is 17.9 Å². The van der Waals surface area contributed by atoms with E-state index in [0.717, 1.165) is 12.5 Å². The van der Waals surface area contributed by atoms with Gasteiger partial charge in [-0.15, -0.1) is 0 Å². The predicted octanol–water partition coefficient (Wildman–Crippen LogP) is 4.11. The number of hydrogen-bond acceptors (Lipinski definition) is 4. The molecular weight excluding hydrogens is 363 g/mol. The van der Waals surface area contributed by atoms with Crippen molar-refractivity contribution in [1.82, 2.24) is 0 Å². The number of rotatable bonds is 8. The van der Waals surface area contributed by atoms with Crippen molar-refractivity contribution < 1.29 is 32.2 Å². The Kier molecular flexibility index (Phi) is 6.81. The van der Waals surface area contributed by atoms with Crippen LogP contribution in [0.15, 0.2) is 30.3 Å². The predicted molar refractivity (Wildman–Crippen MR) is 92.7 cm³/mol. The van der Waals surface area contributed by atoms with Crippen LogP contribution in [-0.4, -0.2) is 24.9 Å². The van der Waals surface area contributed by atoms with Gasteiger partial charge in [-0.25, -0.2) is 13.2 Å². The van der Waals surface area contributed by atoms with E-state index in [0.29, 0.717) is 24.7 Å². The highest BCUT2D eigenvalue weighted by Crippen LogP contribution is 2.26. The van der Waals surface area contributed by atoms with Crippen LogP contribution in [0.25, 0.3) is 0 Å². The third-order valence-corrected chi connectivity index (χ3v) is 3.55. The molecule has 0 aromatic heterocycles. The van der Waals surface area contributed by atoms with Gasteiger partial charge in [0.25, 0.3) is 5.91 Å². The lowest BCUT2D eigenvalue weighted by atomic mass is 10.2. The van der Waals surface area contributed by atoms with E-state index in [2.05, 4.69) is 5.32 Å². The van der Waals surface area contributed by atoms with Crippen LogP contribution >= 0.6 is 0 Å². The standard InChI is InChI=1S/C19H18F3NO4/c1-3-8-26-13-5-4-12(10-24)16(9-13)27-11(2)19(25)23-15-7-6-14(20)17(21)18(15)22/h4-7,9-11H,3,8H2,1-2H3,(H,23,25)/t11-/m1/s1. The van der Waals surface area contributed by atoms with E-state index in [9.17, 15) is 22.8 Å². The summed E-state index contributed by atoms with van der Waals surface area (Å²) >= 11 is 0. The van der Waals surface area contributed by atoms with Gasteiger partial charge in [0.1, 0.15) is 11.5 Å². The SMILES string of the molecule is CCCOc1ccc(C=O)c(O[C@H](C)C(=O)Nc2ccc(F)c(F)c2F)c1. The second-order valence-electron chi connectivity index (χ2n) is 5.64. The number of benzene rings is 2. The molecule has 0 bridgehead atoms. The molecule has 1 atom stereocenters. The summed E-state index contributed by atoms with van der Waals surface area (Å²) < 4.78 is 50.8. The molecule has 0 aliphatic carbocycles. The lowest BCUT2D eigenvalue weighted by Gasteiger charge is -2.17. The van der Waals surface area contributed by atoms with Crippen molar-refractivity contribution in [2.45, 2.75) is 26.4 Å². The maximum absolute atomic E-state index is 13.7. The van der Waals surface area contributed by atoms with Gasteiger partial charge in [-0.2, -0.15) is 0 Å². The minimum absolute atomic E-state index is 0.104. The van der Waals surface area contributed by atoms with Gasteiger partial charge in [0.15, 0.2) is 29.8 Å². The molecule has 2 aromatic carbocycles. The van der Waals surface area contributed by atoms with Gasteiger partial charge in [-0.1, -0.05) is 6.92 Å². The monoisotopic (exact) mass is 381 g/mol. The first-order chi connectivity index (χ1) is 12.9. The summed E-state index contributed by atoms with van der Waals surface area (Å²) in [4.78, 5) is 23.3. The minimum Gasteiger partial charge on any atom is -0.493 e. The lowest BCUT2D eigenvalue weighted by Crippen LogP contribution is -2.31. The van der Waals surface area contributed by atoms with Crippen LogP contribution < -0.4 is 14.8 Å². The van der Waals surface area contributed by atoms with Crippen LogP contribution in [0.4, 0.5) is 18.9 Å². The number of anilines is 1. The highest BCUT2D eigenvalue weighted by molar-refractivity contribution is 5.94. The number of aldehydes is 1. The number of carbonyl (C=O) groups is 2. The van der Waals surface area contributed by atoms with Gasteiger partial charge in [-0.05, 0) is 37.6 Å². The average Bonchev–Trinajstić information content (AvgIpc) is 2.66. The Balaban J connectivity index is 2.14. The van der Waals surface area contributed by atoms with Gasteiger partial charge in [0, 0.05) is 6.07 Å². The second-order valence-corrected chi connectivity index (χ2v) is 5.64. The van der Waals surface area contributed by atoms with Gasteiger partial charge in [0.2, 0.25) is 0 Å². The minimum atomic E-state index is -1.69. The van der Waals surface area contributed by atoms with Crippen molar-refractivity contribution in [2.75, 3.05) is 11.9 Å². The summed E-state index contributed by atoms with van der Waals surface area (Å²) in [7, 11) is 0. The number of nitrogens with one attached hydrogen (secondary N) is 1. The molecule has 0 saturated carbocycles. The van der Waals surface area contributed by atoms with Crippen LogP contribution in [0.3, 0.4) is 0 Å². The van der Waals surface area contributed by atoms with E-state index in [1.807, 2.05) is 6.92 Å². The molecule has 0 aliphatic rings. The quantitative estimate of drug-likeness (QED) is 0.552. The summed E-state index contributed by atoms with van der Waals surface area (Å²) in [6.45, 7) is 3.76.